The molecule has 4 rings (SSSR count). The number of hydrogen-bond donors (Lipinski definition) is 1. The van der Waals surface area contributed by atoms with E-state index in [1.807, 2.05) is 42.5 Å². The van der Waals surface area contributed by atoms with Crippen molar-refractivity contribution in [3.8, 4) is 5.75 Å². The van der Waals surface area contributed by atoms with E-state index in [0.29, 0.717) is 50.5 Å². The molecule has 2 saturated heterocycles. The Labute approximate surface area is 170 Å². The van der Waals surface area contributed by atoms with Crippen LogP contribution in [0, 0.1) is 0 Å². The minimum atomic E-state index is -0.615. The van der Waals surface area contributed by atoms with Gasteiger partial charge in [-0.3, -0.25) is 9.59 Å². The van der Waals surface area contributed by atoms with E-state index in [1.54, 1.807) is 18.1 Å². The summed E-state index contributed by atoms with van der Waals surface area (Å²) >= 11 is 0. The lowest BCUT2D eigenvalue weighted by Gasteiger charge is -2.36. The lowest BCUT2D eigenvalue weighted by Crippen LogP contribution is -2.44. The van der Waals surface area contributed by atoms with Crippen LogP contribution >= 0.6 is 0 Å². The Morgan fingerprint density at radius 1 is 1.14 bits per heavy atom. The summed E-state index contributed by atoms with van der Waals surface area (Å²) in [6, 6.07) is 15.4. The Kier molecular flexibility index (Phi) is 5.53. The Morgan fingerprint density at radius 2 is 1.90 bits per heavy atom. The molecule has 0 aromatic heterocycles. The fourth-order valence-electron chi connectivity index (χ4n) is 4.26. The second kappa shape index (κ2) is 8.25. The van der Waals surface area contributed by atoms with Crippen molar-refractivity contribution in [3.63, 3.8) is 0 Å². The predicted molar refractivity (Wildman–Crippen MR) is 111 cm³/mol. The van der Waals surface area contributed by atoms with Crippen LogP contribution in [0.2, 0.25) is 0 Å². The van der Waals surface area contributed by atoms with E-state index in [-0.39, 0.29) is 11.8 Å². The lowest BCUT2D eigenvalue weighted by molar-refractivity contribution is -0.125. The largest absolute Gasteiger partial charge is 0.494 e. The summed E-state index contributed by atoms with van der Waals surface area (Å²) < 4.78 is 11.0. The Balaban J connectivity index is 1.60. The van der Waals surface area contributed by atoms with Gasteiger partial charge in [-0.05, 0) is 37.0 Å². The van der Waals surface area contributed by atoms with Gasteiger partial charge in [0, 0.05) is 37.9 Å². The molecule has 29 heavy (non-hydrogen) atoms. The third-order valence-electron chi connectivity index (χ3n) is 5.91. The summed E-state index contributed by atoms with van der Waals surface area (Å²) in [4.78, 5) is 27.3. The molecule has 0 radical (unpaired) electrons. The van der Waals surface area contributed by atoms with E-state index in [9.17, 15) is 9.59 Å². The SMILES string of the molecule is COc1cc(NC(=O)C2(c3ccccc3)CCOCC2)ccc1N1CCCC1=O. The minimum absolute atomic E-state index is 0.0425. The lowest BCUT2D eigenvalue weighted by atomic mass is 9.73. The molecule has 0 saturated carbocycles. The molecule has 6 heteroatoms. The second-order valence-electron chi connectivity index (χ2n) is 7.55. The van der Waals surface area contributed by atoms with E-state index >= 15 is 0 Å². The van der Waals surface area contributed by atoms with E-state index in [2.05, 4.69) is 5.32 Å². The van der Waals surface area contributed by atoms with E-state index < -0.39 is 5.41 Å². The molecule has 2 amide bonds. The van der Waals surface area contributed by atoms with Crippen LogP contribution in [0.15, 0.2) is 48.5 Å². The van der Waals surface area contributed by atoms with E-state index in [1.165, 1.54) is 0 Å². The number of nitrogens with one attached hydrogen (secondary N) is 1. The standard InChI is InChI=1S/C23H26N2O4/c1-28-20-16-18(9-10-19(20)25-13-5-8-21(25)26)24-22(27)23(11-14-29-15-12-23)17-6-3-2-4-7-17/h2-4,6-7,9-10,16H,5,8,11-15H2,1H3,(H,24,27). The first kappa shape index (κ1) is 19.5. The van der Waals surface area contributed by atoms with E-state index in [0.717, 1.165) is 17.7 Å². The van der Waals surface area contributed by atoms with Crippen LogP contribution < -0.4 is 15.0 Å². The number of anilines is 2. The van der Waals surface area contributed by atoms with Crippen molar-refractivity contribution in [2.75, 3.05) is 37.1 Å². The second-order valence-corrected chi connectivity index (χ2v) is 7.55. The zero-order chi connectivity index (χ0) is 20.3. The number of rotatable bonds is 5. The molecule has 2 heterocycles. The van der Waals surface area contributed by atoms with Gasteiger partial charge in [-0.2, -0.15) is 0 Å². The molecule has 152 valence electrons. The summed E-state index contributed by atoms with van der Waals surface area (Å²) in [5.41, 5.74) is 1.80. The van der Waals surface area contributed by atoms with Gasteiger partial charge < -0.3 is 19.7 Å². The highest BCUT2D eigenvalue weighted by Gasteiger charge is 2.41. The van der Waals surface area contributed by atoms with Crippen LogP contribution in [-0.4, -0.2) is 38.7 Å². The first-order valence-electron chi connectivity index (χ1n) is 10.1. The summed E-state index contributed by atoms with van der Waals surface area (Å²) in [6.45, 7) is 1.81. The number of carbonyl (C=O) groups is 2. The maximum absolute atomic E-state index is 13.4. The van der Waals surface area contributed by atoms with Crippen LogP contribution in [-0.2, 0) is 19.7 Å². The molecule has 2 aliphatic heterocycles. The molecule has 0 unspecified atom stereocenters. The molecule has 0 aliphatic carbocycles. The smallest absolute Gasteiger partial charge is 0.235 e. The molecular formula is C23H26N2O4. The number of benzene rings is 2. The molecule has 2 aromatic carbocycles. The normalized spacial score (nSPS) is 18.5. The van der Waals surface area contributed by atoms with Gasteiger partial charge in [-0.15, -0.1) is 0 Å². The van der Waals surface area contributed by atoms with Crippen molar-refractivity contribution in [2.24, 2.45) is 0 Å². The molecule has 2 fully saturated rings. The number of ether oxygens (including phenoxy) is 2. The third kappa shape index (κ3) is 3.72. The third-order valence-corrected chi connectivity index (χ3v) is 5.91. The van der Waals surface area contributed by atoms with Gasteiger partial charge in [0.15, 0.2) is 0 Å². The fourth-order valence-corrected chi connectivity index (χ4v) is 4.26. The van der Waals surface area contributed by atoms with Gasteiger partial charge in [-0.25, -0.2) is 0 Å². The van der Waals surface area contributed by atoms with Crippen molar-refractivity contribution in [1.29, 1.82) is 0 Å². The molecule has 6 nitrogen and oxygen atoms in total. The molecule has 2 aliphatic rings. The first-order chi connectivity index (χ1) is 14.1. The van der Waals surface area contributed by atoms with Crippen molar-refractivity contribution >= 4 is 23.2 Å². The Bertz CT molecular complexity index is 891. The maximum atomic E-state index is 13.4. The van der Waals surface area contributed by atoms with Crippen molar-refractivity contribution < 1.29 is 19.1 Å². The number of hydrogen-bond acceptors (Lipinski definition) is 4. The average Bonchev–Trinajstić information content (AvgIpc) is 3.20. The topological polar surface area (TPSA) is 67.9 Å². The van der Waals surface area contributed by atoms with Gasteiger partial charge in [0.05, 0.1) is 18.2 Å². The van der Waals surface area contributed by atoms with Crippen molar-refractivity contribution in [2.45, 2.75) is 31.1 Å². The summed E-state index contributed by atoms with van der Waals surface area (Å²) in [5.74, 6) is 0.642. The van der Waals surface area contributed by atoms with Crippen LogP contribution in [0.4, 0.5) is 11.4 Å². The van der Waals surface area contributed by atoms with Crippen LogP contribution in [0.25, 0.3) is 0 Å². The van der Waals surface area contributed by atoms with Gasteiger partial charge in [0.25, 0.3) is 0 Å². The molecule has 0 spiro atoms. The molecular weight excluding hydrogens is 368 g/mol. The monoisotopic (exact) mass is 394 g/mol. The fraction of sp³-hybridized carbons (Fsp3) is 0.391. The van der Waals surface area contributed by atoms with E-state index in [4.69, 9.17) is 9.47 Å². The van der Waals surface area contributed by atoms with Gasteiger partial charge >= 0.3 is 0 Å². The summed E-state index contributed by atoms with van der Waals surface area (Å²) in [6.07, 6.45) is 2.69. The Hall–Kier alpha value is -2.86. The molecule has 0 bridgehead atoms. The highest BCUT2D eigenvalue weighted by Crippen LogP contribution is 2.38. The zero-order valence-electron chi connectivity index (χ0n) is 16.6. The number of nitrogens with zero attached hydrogens (tertiary/aromatic N) is 1. The van der Waals surface area contributed by atoms with Crippen LogP contribution in [0.1, 0.15) is 31.2 Å². The highest BCUT2D eigenvalue weighted by atomic mass is 16.5. The minimum Gasteiger partial charge on any atom is -0.494 e. The van der Waals surface area contributed by atoms with Gasteiger partial charge in [-0.1, -0.05) is 30.3 Å². The average molecular weight is 394 g/mol. The highest BCUT2D eigenvalue weighted by molar-refractivity contribution is 6.01. The van der Waals surface area contributed by atoms with Gasteiger partial charge in [0.1, 0.15) is 5.75 Å². The van der Waals surface area contributed by atoms with Crippen LogP contribution in [0.3, 0.4) is 0 Å². The van der Waals surface area contributed by atoms with Gasteiger partial charge in [0.2, 0.25) is 11.8 Å². The molecule has 2 aromatic rings. The quantitative estimate of drug-likeness (QED) is 0.843. The Morgan fingerprint density at radius 3 is 2.55 bits per heavy atom. The number of carbonyl (C=O) groups excluding carboxylic acids is 2. The summed E-state index contributed by atoms with van der Waals surface area (Å²) in [7, 11) is 1.58. The molecule has 1 N–H and O–H groups in total. The molecule has 0 atom stereocenters. The van der Waals surface area contributed by atoms with Crippen molar-refractivity contribution in [3.05, 3.63) is 54.1 Å². The summed E-state index contributed by atoms with van der Waals surface area (Å²) in [5, 5.41) is 3.08. The van der Waals surface area contributed by atoms with Crippen LogP contribution in [0.5, 0.6) is 5.75 Å². The first-order valence-corrected chi connectivity index (χ1v) is 10.1. The number of amides is 2. The zero-order valence-corrected chi connectivity index (χ0v) is 16.6. The maximum Gasteiger partial charge on any atom is 0.235 e. The predicted octanol–water partition coefficient (Wildman–Crippen LogP) is 3.51. The van der Waals surface area contributed by atoms with Crippen molar-refractivity contribution in [1.82, 2.24) is 0 Å². The number of methoxy groups -OCH3 is 1.